The molecule has 1 aromatic heterocycles. The Kier molecular flexibility index (Phi) is 3.97. The van der Waals surface area contributed by atoms with E-state index in [0.717, 1.165) is 16.2 Å². The van der Waals surface area contributed by atoms with Crippen LogP contribution in [0.2, 0.25) is 5.02 Å². The number of nitrogens with one attached hydrogen (secondary N) is 1. The Morgan fingerprint density at radius 1 is 1.29 bits per heavy atom. The molecule has 0 aliphatic rings. The molecule has 1 amide bonds. The summed E-state index contributed by atoms with van der Waals surface area (Å²) >= 11 is 10.7. The lowest BCUT2D eigenvalue weighted by molar-refractivity contribution is 0.102. The lowest BCUT2D eigenvalue weighted by Crippen LogP contribution is -2.12. The van der Waals surface area contributed by atoms with Gasteiger partial charge in [-0.3, -0.25) is 4.79 Å². The number of rotatable bonds is 2. The molecule has 1 N–H and O–H groups in total. The first-order chi connectivity index (χ1) is 10.1. The van der Waals surface area contributed by atoms with Crippen LogP contribution in [0.1, 0.15) is 10.4 Å². The van der Waals surface area contributed by atoms with Gasteiger partial charge in [0, 0.05) is 19.9 Å². The minimum Gasteiger partial charge on any atom is -0.320 e. The Morgan fingerprint density at radius 3 is 2.81 bits per heavy atom. The van der Waals surface area contributed by atoms with Crippen LogP contribution in [0.15, 0.2) is 46.3 Å². The first-order valence-corrected chi connectivity index (χ1v) is 8.03. The highest BCUT2D eigenvalue weighted by molar-refractivity contribution is 9.10. The molecule has 3 rings (SSSR count). The predicted octanol–water partition coefficient (Wildman–Crippen LogP) is 5.71. The SMILES string of the molecule is O=C(Nc1c(Cl)cc(F)cc1Br)c1csc2ccccc12. The summed E-state index contributed by atoms with van der Waals surface area (Å²) in [6.07, 6.45) is 0. The zero-order valence-corrected chi connectivity index (χ0v) is 13.7. The van der Waals surface area contributed by atoms with Crippen LogP contribution >= 0.6 is 38.9 Å². The van der Waals surface area contributed by atoms with Crippen molar-refractivity contribution in [3.63, 3.8) is 0 Å². The molecule has 0 atom stereocenters. The van der Waals surface area contributed by atoms with Gasteiger partial charge in [-0.05, 0) is 34.1 Å². The van der Waals surface area contributed by atoms with Crippen LogP contribution in [0, 0.1) is 5.82 Å². The van der Waals surface area contributed by atoms with E-state index in [-0.39, 0.29) is 10.9 Å². The van der Waals surface area contributed by atoms with Crippen LogP contribution in [0.3, 0.4) is 0 Å². The van der Waals surface area contributed by atoms with Crippen molar-refractivity contribution in [2.24, 2.45) is 0 Å². The minimum atomic E-state index is -0.467. The Balaban J connectivity index is 1.97. The van der Waals surface area contributed by atoms with Crippen LogP contribution in [0.5, 0.6) is 0 Å². The van der Waals surface area contributed by atoms with E-state index in [4.69, 9.17) is 11.6 Å². The predicted molar refractivity (Wildman–Crippen MR) is 88.9 cm³/mol. The maximum absolute atomic E-state index is 13.2. The summed E-state index contributed by atoms with van der Waals surface area (Å²) in [6, 6.07) is 10.1. The number of amides is 1. The van der Waals surface area contributed by atoms with E-state index in [2.05, 4.69) is 21.2 Å². The van der Waals surface area contributed by atoms with E-state index in [0.29, 0.717) is 15.7 Å². The van der Waals surface area contributed by atoms with Crippen LogP contribution in [-0.4, -0.2) is 5.91 Å². The second-order valence-electron chi connectivity index (χ2n) is 4.34. The van der Waals surface area contributed by atoms with Gasteiger partial charge in [-0.2, -0.15) is 0 Å². The summed E-state index contributed by atoms with van der Waals surface area (Å²) in [4.78, 5) is 12.4. The number of benzene rings is 2. The molecule has 3 aromatic rings. The fraction of sp³-hybridized carbons (Fsp3) is 0. The third-order valence-electron chi connectivity index (χ3n) is 2.97. The van der Waals surface area contributed by atoms with Gasteiger partial charge in [-0.25, -0.2) is 4.39 Å². The average Bonchev–Trinajstić information content (AvgIpc) is 2.86. The molecule has 2 nitrogen and oxygen atoms in total. The summed E-state index contributed by atoms with van der Waals surface area (Å²) in [6.45, 7) is 0. The molecule has 0 spiro atoms. The first-order valence-electron chi connectivity index (χ1n) is 5.98. The number of hydrogen-bond donors (Lipinski definition) is 1. The highest BCUT2D eigenvalue weighted by Gasteiger charge is 2.16. The Morgan fingerprint density at radius 2 is 2.05 bits per heavy atom. The van der Waals surface area contributed by atoms with Crippen molar-refractivity contribution >= 4 is 60.5 Å². The molecule has 21 heavy (non-hydrogen) atoms. The second kappa shape index (κ2) is 5.75. The fourth-order valence-corrected chi connectivity index (χ4v) is 3.84. The van der Waals surface area contributed by atoms with E-state index in [1.54, 1.807) is 5.38 Å². The van der Waals surface area contributed by atoms with Crippen molar-refractivity contribution in [1.82, 2.24) is 0 Å². The molecule has 0 saturated heterocycles. The van der Waals surface area contributed by atoms with Crippen molar-refractivity contribution in [2.45, 2.75) is 0 Å². The molecule has 0 saturated carbocycles. The molecule has 0 aliphatic heterocycles. The molecule has 6 heteroatoms. The zero-order valence-electron chi connectivity index (χ0n) is 10.5. The number of hydrogen-bond acceptors (Lipinski definition) is 2. The van der Waals surface area contributed by atoms with Crippen molar-refractivity contribution < 1.29 is 9.18 Å². The summed E-state index contributed by atoms with van der Waals surface area (Å²) in [5.74, 6) is -0.743. The van der Waals surface area contributed by atoms with Crippen molar-refractivity contribution in [3.8, 4) is 0 Å². The standard InChI is InChI=1S/C15H8BrClFNOS/c16-11-5-8(18)6-12(17)14(11)19-15(20)10-7-21-13-4-2-1-3-9(10)13/h1-7H,(H,19,20). The van der Waals surface area contributed by atoms with Crippen LogP contribution in [0.25, 0.3) is 10.1 Å². The Hall–Kier alpha value is -1.43. The maximum atomic E-state index is 13.2. The summed E-state index contributed by atoms with van der Waals surface area (Å²) in [7, 11) is 0. The Bertz CT molecular complexity index is 826. The van der Waals surface area contributed by atoms with Gasteiger partial charge in [0.05, 0.1) is 16.3 Å². The quantitative estimate of drug-likeness (QED) is 0.602. The molecule has 2 aromatic carbocycles. The highest BCUT2D eigenvalue weighted by Crippen LogP contribution is 2.33. The fourth-order valence-electron chi connectivity index (χ4n) is 2.00. The molecule has 0 radical (unpaired) electrons. The molecule has 0 aliphatic carbocycles. The molecule has 106 valence electrons. The number of carbonyl (C=O) groups excluding carboxylic acids is 1. The molecule has 1 heterocycles. The lowest BCUT2D eigenvalue weighted by atomic mass is 10.1. The van der Waals surface area contributed by atoms with Crippen molar-refractivity contribution in [2.75, 3.05) is 5.32 Å². The van der Waals surface area contributed by atoms with E-state index < -0.39 is 5.82 Å². The monoisotopic (exact) mass is 383 g/mol. The van der Waals surface area contributed by atoms with E-state index in [1.807, 2.05) is 24.3 Å². The summed E-state index contributed by atoms with van der Waals surface area (Å²) < 4.78 is 14.6. The van der Waals surface area contributed by atoms with Gasteiger partial charge in [0.1, 0.15) is 5.82 Å². The molecular formula is C15H8BrClFNOS. The van der Waals surface area contributed by atoms with Crippen molar-refractivity contribution in [3.05, 3.63) is 62.7 Å². The maximum Gasteiger partial charge on any atom is 0.257 e. The number of halogens is 3. The number of carbonyl (C=O) groups is 1. The number of fused-ring (bicyclic) bond motifs is 1. The van der Waals surface area contributed by atoms with Crippen LogP contribution < -0.4 is 5.32 Å². The van der Waals surface area contributed by atoms with Crippen LogP contribution in [0.4, 0.5) is 10.1 Å². The lowest BCUT2D eigenvalue weighted by Gasteiger charge is -2.09. The van der Waals surface area contributed by atoms with Gasteiger partial charge in [0.15, 0.2) is 0 Å². The Labute approximate surface area is 137 Å². The van der Waals surface area contributed by atoms with Gasteiger partial charge < -0.3 is 5.32 Å². The van der Waals surface area contributed by atoms with Gasteiger partial charge in [-0.15, -0.1) is 11.3 Å². The van der Waals surface area contributed by atoms with Gasteiger partial charge in [-0.1, -0.05) is 29.8 Å². The molecule has 0 bridgehead atoms. The third-order valence-corrected chi connectivity index (χ3v) is 4.86. The summed E-state index contributed by atoms with van der Waals surface area (Å²) in [5, 5.41) is 5.55. The summed E-state index contributed by atoms with van der Waals surface area (Å²) in [5.41, 5.74) is 0.932. The number of anilines is 1. The van der Waals surface area contributed by atoms with Gasteiger partial charge in [0.25, 0.3) is 5.91 Å². The first kappa shape index (κ1) is 14.5. The number of thiophene rings is 1. The van der Waals surface area contributed by atoms with Crippen LogP contribution in [-0.2, 0) is 0 Å². The van der Waals surface area contributed by atoms with Crippen molar-refractivity contribution in [1.29, 1.82) is 0 Å². The average molecular weight is 385 g/mol. The molecule has 0 fully saturated rings. The van der Waals surface area contributed by atoms with E-state index in [1.165, 1.54) is 17.4 Å². The normalized spacial score (nSPS) is 10.8. The second-order valence-corrected chi connectivity index (χ2v) is 6.52. The van der Waals surface area contributed by atoms with E-state index >= 15 is 0 Å². The smallest absolute Gasteiger partial charge is 0.257 e. The third kappa shape index (κ3) is 2.81. The largest absolute Gasteiger partial charge is 0.320 e. The van der Waals surface area contributed by atoms with Gasteiger partial charge in [0.2, 0.25) is 0 Å². The highest BCUT2D eigenvalue weighted by atomic mass is 79.9. The topological polar surface area (TPSA) is 29.1 Å². The zero-order chi connectivity index (χ0) is 15.0. The molecule has 0 unspecified atom stereocenters. The van der Waals surface area contributed by atoms with Gasteiger partial charge >= 0.3 is 0 Å². The van der Waals surface area contributed by atoms with E-state index in [9.17, 15) is 9.18 Å². The minimum absolute atomic E-state index is 0.148. The molecular weight excluding hydrogens is 377 g/mol.